The summed E-state index contributed by atoms with van der Waals surface area (Å²) in [6.07, 6.45) is 3.08. The number of ether oxygens (including phenoxy) is 1. The smallest absolute Gasteiger partial charge is 0.343 e. The summed E-state index contributed by atoms with van der Waals surface area (Å²) in [5.74, 6) is 1.87. The van der Waals surface area contributed by atoms with Gasteiger partial charge in [0.1, 0.15) is 11.5 Å². The van der Waals surface area contributed by atoms with Crippen molar-refractivity contribution in [3.63, 3.8) is 0 Å². The van der Waals surface area contributed by atoms with Gasteiger partial charge < -0.3 is 9.84 Å². The van der Waals surface area contributed by atoms with Crippen LogP contribution in [0.5, 0.6) is 11.5 Å². The van der Waals surface area contributed by atoms with Gasteiger partial charge in [-0.25, -0.2) is 4.79 Å². The Labute approximate surface area is 165 Å². The number of carbonyl (C=O) groups excluding carboxylic acids is 1. The zero-order valence-electron chi connectivity index (χ0n) is 16.2. The molecule has 2 aliphatic carbocycles. The maximum absolute atomic E-state index is 12.9. The fraction of sp³-hybridized carbons (Fsp3) is 0.320. The number of phenolic OH excluding ortho intramolecular Hbond substituents is 1. The lowest BCUT2D eigenvalue weighted by Gasteiger charge is -2.22. The Bertz CT molecular complexity index is 1080. The van der Waals surface area contributed by atoms with Gasteiger partial charge in [-0.1, -0.05) is 44.2 Å². The molecule has 5 rings (SSSR count). The molecule has 3 unspecified atom stereocenters. The Morgan fingerprint density at radius 2 is 1.75 bits per heavy atom. The SMILES string of the molecule is CCc1ccc2c(O)c3c(c(OC(=O)c4ccccc4)c2c1)C1CCC3C1C. The number of hydrogen-bond acceptors (Lipinski definition) is 3. The monoisotopic (exact) mass is 372 g/mol. The van der Waals surface area contributed by atoms with E-state index in [-0.39, 0.29) is 5.97 Å². The van der Waals surface area contributed by atoms with Crippen LogP contribution >= 0.6 is 0 Å². The van der Waals surface area contributed by atoms with Crippen molar-refractivity contribution in [3.05, 3.63) is 70.8 Å². The average molecular weight is 372 g/mol. The lowest BCUT2D eigenvalue weighted by Crippen LogP contribution is -2.12. The molecule has 3 nitrogen and oxygen atoms in total. The van der Waals surface area contributed by atoms with Crippen LogP contribution in [0.3, 0.4) is 0 Å². The minimum Gasteiger partial charge on any atom is -0.507 e. The van der Waals surface area contributed by atoms with E-state index in [1.165, 1.54) is 5.56 Å². The summed E-state index contributed by atoms with van der Waals surface area (Å²) in [7, 11) is 0. The van der Waals surface area contributed by atoms with E-state index in [4.69, 9.17) is 4.74 Å². The predicted molar refractivity (Wildman–Crippen MR) is 110 cm³/mol. The van der Waals surface area contributed by atoms with Crippen LogP contribution in [0.25, 0.3) is 10.8 Å². The van der Waals surface area contributed by atoms with E-state index in [2.05, 4.69) is 19.9 Å². The van der Waals surface area contributed by atoms with Crippen molar-refractivity contribution in [1.29, 1.82) is 0 Å². The van der Waals surface area contributed by atoms with Gasteiger partial charge in [-0.2, -0.15) is 0 Å². The molecule has 28 heavy (non-hydrogen) atoms. The Hall–Kier alpha value is -2.81. The first-order chi connectivity index (χ1) is 13.6. The van der Waals surface area contributed by atoms with Crippen LogP contribution in [0.1, 0.15) is 65.6 Å². The Kier molecular flexibility index (Phi) is 3.94. The number of aromatic hydroxyl groups is 1. The molecule has 2 aliphatic rings. The Morgan fingerprint density at radius 1 is 1.04 bits per heavy atom. The van der Waals surface area contributed by atoms with Gasteiger partial charge in [0.25, 0.3) is 0 Å². The Balaban J connectivity index is 1.75. The van der Waals surface area contributed by atoms with Crippen LogP contribution in [0.4, 0.5) is 0 Å². The second-order valence-corrected chi connectivity index (χ2v) is 8.14. The predicted octanol–water partition coefficient (Wildman–Crippen LogP) is 5.94. The summed E-state index contributed by atoms with van der Waals surface area (Å²) in [5, 5.41) is 12.7. The maximum atomic E-state index is 12.9. The van der Waals surface area contributed by atoms with Gasteiger partial charge in [0.05, 0.1) is 5.56 Å². The van der Waals surface area contributed by atoms with Crippen molar-refractivity contribution in [1.82, 2.24) is 0 Å². The summed E-state index contributed by atoms with van der Waals surface area (Å²) >= 11 is 0. The molecule has 3 aromatic carbocycles. The molecule has 0 heterocycles. The lowest BCUT2D eigenvalue weighted by molar-refractivity contribution is 0.0734. The van der Waals surface area contributed by atoms with Crippen molar-refractivity contribution in [2.24, 2.45) is 5.92 Å². The number of esters is 1. The van der Waals surface area contributed by atoms with Gasteiger partial charge in [-0.05, 0) is 60.8 Å². The number of carbonyl (C=O) groups is 1. The molecule has 0 aliphatic heterocycles. The van der Waals surface area contributed by atoms with Crippen molar-refractivity contribution in [3.8, 4) is 11.5 Å². The van der Waals surface area contributed by atoms with Crippen LogP contribution in [0, 0.1) is 5.92 Å². The molecule has 0 aromatic heterocycles. The van der Waals surface area contributed by atoms with Crippen molar-refractivity contribution in [2.75, 3.05) is 0 Å². The van der Waals surface area contributed by atoms with Crippen LogP contribution in [-0.2, 0) is 6.42 Å². The first-order valence-corrected chi connectivity index (χ1v) is 10.2. The van der Waals surface area contributed by atoms with E-state index in [1.54, 1.807) is 12.1 Å². The minimum atomic E-state index is -0.341. The third-order valence-electron chi connectivity index (χ3n) is 6.79. The fourth-order valence-corrected chi connectivity index (χ4v) is 5.30. The van der Waals surface area contributed by atoms with Crippen molar-refractivity contribution < 1.29 is 14.6 Å². The van der Waals surface area contributed by atoms with E-state index in [0.717, 1.165) is 41.2 Å². The number of phenols is 1. The highest BCUT2D eigenvalue weighted by molar-refractivity contribution is 6.00. The highest BCUT2D eigenvalue weighted by Crippen LogP contribution is 2.63. The largest absolute Gasteiger partial charge is 0.507 e. The first-order valence-electron chi connectivity index (χ1n) is 10.2. The summed E-state index contributed by atoms with van der Waals surface area (Å²) in [6.45, 7) is 4.36. The number of fused-ring (bicyclic) bond motifs is 6. The van der Waals surface area contributed by atoms with Crippen molar-refractivity contribution in [2.45, 2.75) is 44.9 Å². The second-order valence-electron chi connectivity index (χ2n) is 8.14. The number of rotatable bonds is 3. The summed E-state index contributed by atoms with van der Waals surface area (Å²) in [5.41, 5.74) is 3.78. The highest BCUT2D eigenvalue weighted by atomic mass is 16.5. The molecular formula is C25H24O3. The topological polar surface area (TPSA) is 46.5 Å². The van der Waals surface area contributed by atoms with Gasteiger partial charge in [0.15, 0.2) is 0 Å². The van der Waals surface area contributed by atoms with Gasteiger partial charge >= 0.3 is 5.97 Å². The molecule has 0 radical (unpaired) electrons. The Morgan fingerprint density at radius 3 is 2.46 bits per heavy atom. The third kappa shape index (κ3) is 2.39. The van der Waals surface area contributed by atoms with Gasteiger partial charge in [0, 0.05) is 21.9 Å². The van der Waals surface area contributed by atoms with Gasteiger partial charge in [0.2, 0.25) is 0 Å². The van der Waals surface area contributed by atoms with E-state index in [1.807, 2.05) is 30.3 Å². The average Bonchev–Trinajstić information content (AvgIpc) is 3.24. The molecule has 142 valence electrons. The molecule has 3 heteroatoms. The standard InChI is InChI=1S/C25H24O3/c1-3-15-9-10-19-20(13-15)24(28-25(27)16-7-5-4-6-8-16)22-18-12-11-17(14(18)2)21(22)23(19)26/h4-10,13-14,17-18,26H,3,11-12H2,1-2H3. The second kappa shape index (κ2) is 6.37. The highest BCUT2D eigenvalue weighted by Gasteiger charge is 2.47. The molecule has 0 saturated heterocycles. The third-order valence-corrected chi connectivity index (χ3v) is 6.79. The number of aryl methyl sites for hydroxylation is 1. The number of hydrogen-bond donors (Lipinski definition) is 1. The normalized spacial score (nSPS) is 22.4. The molecule has 1 saturated carbocycles. The molecule has 2 bridgehead atoms. The molecule has 0 spiro atoms. The van der Waals surface area contributed by atoms with E-state index < -0.39 is 0 Å². The zero-order valence-corrected chi connectivity index (χ0v) is 16.2. The van der Waals surface area contributed by atoms with Crippen LogP contribution in [-0.4, -0.2) is 11.1 Å². The molecule has 1 N–H and O–H groups in total. The summed E-state index contributed by atoms with van der Waals surface area (Å²) < 4.78 is 6.06. The fourth-order valence-electron chi connectivity index (χ4n) is 5.30. The quantitative estimate of drug-likeness (QED) is 0.457. The first kappa shape index (κ1) is 17.3. The van der Waals surface area contributed by atoms with Gasteiger partial charge in [-0.3, -0.25) is 0 Å². The minimum absolute atomic E-state index is 0.341. The molecule has 3 aromatic rings. The molecule has 3 atom stereocenters. The maximum Gasteiger partial charge on any atom is 0.343 e. The summed E-state index contributed by atoms with van der Waals surface area (Å²) in [4.78, 5) is 12.9. The lowest BCUT2D eigenvalue weighted by atomic mass is 9.86. The zero-order chi connectivity index (χ0) is 19.4. The molecule has 0 amide bonds. The van der Waals surface area contributed by atoms with Crippen LogP contribution in [0.2, 0.25) is 0 Å². The van der Waals surface area contributed by atoms with Gasteiger partial charge in [-0.15, -0.1) is 0 Å². The van der Waals surface area contributed by atoms with Crippen molar-refractivity contribution >= 4 is 16.7 Å². The van der Waals surface area contributed by atoms with E-state index in [0.29, 0.717) is 34.8 Å². The van der Waals surface area contributed by atoms with Crippen LogP contribution < -0.4 is 4.74 Å². The number of benzene rings is 3. The molecular weight excluding hydrogens is 348 g/mol. The van der Waals surface area contributed by atoms with E-state index >= 15 is 0 Å². The van der Waals surface area contributed by atoms with Crippen LogP contribution in [0.15, 0.2) is 48.5 Å². The van der Waals surface area contributed by atoms with E-state index in [9.17, 15) is 9.90 Å². The molecule has 1 fully saturated rings. The summed E-state index contributed by atoms with van der Waals surface area (Å²) in [6, 6.07) is 15.2.